The molecule has 1 aromatic carbocycles. The van der Waals surface area contributed by atoms with Crippen molar-refractivity contribution in [2.24, 2.45) is 0 Å². The number of halogens is 1. The molecule has 0 bridgehead atoms. The molecule has 1 N–H and O–H groups in total. The highest BCUT2D eigenvalue weighted by atomic mass is 79.9. The van der Waals surface area contributed by atoms with Crippen LogP contribution in [0.4, 0.5) is 0 Å². The summed E-state index contributed by atoms with van der Waals surface area (Å²) in [6, 6.07) is 4.21. The SMILES string of the molecule is CCNCc1cc(Br)cc(C)c1OCCCOCC. The Morgan fingerprint density at radius 3 is 2.68 bits per heavy atom. The van der Waals surface area contributed by atoms with Crippen LogP contribution in [0.5, 0.6) is 5.75 Å². The van der Waals surface area contributed by atoms with E-state index in [4.69, 9.17) is 9.47 Å². The number of benzene rings is 1. The summed E-state index contributed by atoms with van der Waals surface area (Å²) < 4.78 is 12.3. The van der Waals surface area contributed by atoms with E-state index in [-0.39, 0.29) is 0 Å². The van der Waals surface area contributed by atoms with E-state index in [1.807, 2.05) is 6.92 Å². The molecule has 1 rings (SSSR count). The third-order valence-electron chi connectivity index (χ3n) is 2.77. The topological polar surface area (TPSA) is 30.5 Å². The molecule has 0 fully saturated rings. The van der Waals surface area contributed by atoms with Gasteiger partial charge in [-0.25, -0.2) is 0 Å². The van der Waals surface area contributed by atoms with Crippen LogP contribution in [0.25, 0.3) is 0 Å². The molecule has 0 spiro atoms. The molecule has 0 saturated heterocycles. The highest BCUT2D eigenvalue weighted by Crippen LogP contribution is 2.28. The summed E-state index contributed by atoms with van der Waals surface area (Å²) in [5.74, 6) is 1.00. The predicted molar refractivity (Wildman–Crippen MR) is 82.9 cm³/mol. The van der Waals surface area contributed by atoms with E-state index in [2.05, 4.69) is 47.2 Å². The molecule has 19 heavy (non-hydrogen) atoms. The first kappa shape index (κ1) is 16.5. The van der Waals surface area contributed by atoms with E-state index in [9.17, 15) is 0 Å². The lowest BCUT2D eigenvalue weighted by Crippen LogP contribution is -2.14. The molecule has 0 amide bonds. The number of aryl methyl sites for hydroxylation is 1. The van der Waals surface area contributed by atoms with Crippen LogP contribution in [0.15, 0.2) is 16.6 Å². The second-order valence-electron chi connectivity index (χ2n) is 4.39. The summed E-state index contributed by atoms with van der Waals surface area (Å²) in [6.07, 6.45) is 0.921. The molecule has 0 heterocycles. The Kier molecular flexibility index (Phi) is 8.10. The fourth-order valence-electron chi connectivity index (χ4n) is 1.88. The minimum absolute atomic E-state index is 0.696. The highest BCUT2D eigenvalue weighted by molar-refractivity contribution is 9.10. The summed E-state index contributed by atoms with van der Waals surface area (Å²) in [5.41, 5.74) is 2.36. The standard InChI is InChI=1S/C15H24BrNO2/c1-4-17-11-13-10-14(16)9-12(3)15(13)19-8-6-7-18-5-2/h9-10,17H,4-8,11H2,1-3H3. The van der Waals surface area contributed by atoms with E-state index < -0.39 is 0 Å². The normalized spacial score (nSPS) is 10.7. The summed E-state index contributed by atoms with van der Waals surface area (Å²) >= 11 is 3.54. The minimum atomic E-state index is 0.696. The summed E-state index contributed by atoms with van der Waals surface area (Å²) in [4.78, 5) is 0. The van der Waals surface area contributed by atoms with Crippen LogP contribution in [0.2, 0.25) is 0 Å². The maximum absolute atomic E-state index is 5.93. The van der Waals surface area contributed by atoms with Crippen LogP contribution in [0.3, 0.4) is 0 Å². The second-order valence-corrected chi connectivity index (χ2v) is 5.31. The van der Waals surface area contributed by atoms with Crippen molar-refractivity contribution in [2.45, 2.75) is 33.7 Å². The maximum Gasteiger partial charge on any atom is 0.126 e. The Morgan fingerprint density at radius 1 is 1.21 bits per heavy atom. The van der Waals surface area contributed by atoms with Gasteiger partial charge in [-0.1, -0.05) is 22.9 Å². The van der Waals surface area contributed by atoms with E-state index in [0.29, 0.717) is 6.61 Å². The predicted octanol–water partition coefficient (Wildman–Crippen LogP) is 3.67. The van der Waals surface area contributed by atoms with Gasteiger partial charge in [0.15, 0.2) is 0 Å². The number of hydrogen-bond acceptors (Lipinski definition) is 3. The molecule has 0 aliphatic heterocycles. The van der Waals surface area contributed by atoms with Crippen molar-refractivity contribution in [3.05, 3.63) is 27.7 Å². The molecule has 0 aromatic heterocycles. The first-order chi connectivity index (χ1) is 9.19. The van der Waals surface area contributed by atoms with Gasteiger partial charge in [0.05, 0.1) is 6.61 Å². The zero-order valence-electron chi connectivity index (χ0n) is 12.1. The van der Waals surface area contributed by atoms with Crippen LogP contribution in [-0.4, -0.2) is 26.4 Å². The molecule has 0 aliphatic rings. The van der Waals surface area contributed by atoms with Crippen molar-refractivity contribution in [3.8, 4) is 5.75 Å². The number of nitrogens with one attached hydrogen (secondary N) is 1. The van der Waals surface area contributed by atoms with Gasteiger partial charge in [-0.15, -0.1) is 0 Å². The van der Waals surface area contributed by atoms with E-state index in [1.165, 1.54) is 11.1 Å². The molecule has 0 atom stereocenters. The zero-order valence-corrected chi connectivity index (χ0v) is 13.7. The van der Waals surface area contributed by atoms with Crippen LogP contribution < -0.4 is 10.1 Å². The number of ether oxygens (including phenoxy) is 2. The van der Waals surface area contributed by atoms with Gasteiger partial charge in [0, 0.05) is 36.2 Å². The van der Waals surface area contributed by atoms with Crippen molar-refractivity contribution >= 4 is 15.9 Å². The molecule has 0 aliphatic carbocycles. The van der Waals surface area contributed by atoms with Gasteiger partial charge in [-0.05, 0) is 38.1 Å². The molecule has 1 aromatic rings. The quantitative estimate of drug-likeness (QED) is 0.701. The largest absolute Gasteiger partial charge is 0.493 e. The monoisotopic (exact) mass is 329 g/mol. The molecular formula is C15H24BrNO2. The Balaban J connectivity index is 2.63. The third-order valence-corrected chi connectivity index (χ3v) is 3.22. The first-order valence-corrected chi connectivity index (χ1v) is 7.68. The Morgan fingerprint density at radius 2 is 2.00 bits per heavy atom. The van der Waals surface area contributed by atoms with E-state index >= 15 is 0 Å². The van der Waals surface area contributed by atoms with Gasteiger partial charge in [-0.2, -0.15) is 0 Å². The second kappa shape index (κ2) is 9.34. The van der Waals surface area contributed by atoms with Crippen molar-refractivity contribution in [1.82, 2.24) is 5.32 Å². The summed E-state index contributed by atoms with van der Waals surface area (Å²) in [6.45, 7) is 10.2. The smallest absolute Gasteiger partial charge is 0.126 e. The zero-order chi connectivity index (χ0) is 14.1. The van der Waals surface area contributed by atoms with Gasteiger partial charge in [0.25, 0.3) is 0 Å². The molecular weight excluding hydrogens is 306 g/mol. The van der Waals surface area contributed by atoms with Gasteiger partial charge in [-0.3, -0.25) is 0 Å². The molecule has 108 valence electrons. The lowest BCUT2D eigenvalue weighted by atomic mass is 10.1. The molecule has 0 saturated carbocycles. The Bertz CT molecular complexity index is 383. The van der Waals surface area contributed by atoms with Gasteiger partial charge >= 0.3 is 0 Å². The number of hydrogen-bond donors (Lipinski definition) is 1. The maximum atomic E-state index is 5.93. The fraction of sp³-hybridized carbons (Fsp3) is 0.600. The van der Waals surface area contributed by atoms with Gasteiger partial charge in [0.2, 0.25) is 0 Å². The average molecular weight is 330 g/mol. The molecule has 3 nitrogen and oxygen atoms in total. The van der Waals surface area contributed by atoms with Crippen LogP contribution in [0, 0.1) is 6.92 Å². The molecule has 0 radical (unpaired) electrons. The number of rotatable bonds is 9. The van der Waals surface area contributed by atoms with Crippen LogP contribution in [0.1, 0.15) is 31.4 Å². The van der Waals surface area contributed by atoms with Crippen molar-refractivity contribution < 1.29 is 9.47 Å². The van der Waals surface area contributed by atoms with Crippen LogP contribution in [-0.2, 0) is 11.3 Å². The highest BCUT2D eigenvalue weighted by Gasteiger charge is 2.08. The lowest BCUT2D eigenvalue weighted by molar-refractivity contribution is 0.130. The third kappa shape index (κ3) is 5.93. The summed E-state index contributed by atoms with van der Waals surface area (Å²) in [7, 11) is 0. The van der Waals surface area contributed by atoms with E-state index in [1.54, 1.807) is 0 Å². The Labute approximate surface area is 124 Å². The first-order valence-electron chi connectivity index (χ1n) is 6.89. The van der Waals surface area contributed by atoms with Gasteiger partial charge in [0.1, 0.15) is 5.75 Å². The van der Waals surface area contributed by atoms with Gasteiger partial charge < -0.3 is 14.8 Å². The molecule has 0 unspecified atom stereocenters. The Hall–Kier alpha value is -0.580. The van der Waals surface area contributed by atoms with Crippen molar-refractivity contribution in [3.63, 3.8) is 0 Å². The fourth-order valence-corrected chi connectivity index (χ4v) is 2.50. The van der Waals surface area contributed by atoms with E-state index in [0.717, 1.165) is 42.9 Å². The van der Waals surface area contributed by atoms with Crippen molar-refractivity contribution in [2.75, 3.05) is 26.4 Å². The summed E-state index contributed by atoms with van der Waals surface area (Å²) in [5, 5.41) is 3.34. The lowest BCUT2D eigenvalue weighted by Gasteiger charge is -2.15. The average Bonchev–Trinajstić information content (AvgIpc) is 2.38. The minimum Gasteiger partial charge on any atom is -0.493 e. The molecule has 4 heteroatoms. The van der Waals surface area contributed by atoms with Crippen LogP contribution >= 0.6 is 15.9 Å². The van der Waals surface area contributed by atoms with Crippen molar-refractivity contribution in [1.29, 1.82) is 0 Å².